The number of morpholine rings is 1. The number of carbonyl (C=O) groups excluding carboxylic acids is 3. The standard InChI is InChI=1S/C46H58ClN7O9S/c1-7-26-18-46(26,40(57)58)52-38(55)32-16-27(21-54(32)39(56)37(43(4,5)6)51-42(59)63-28-19-44-23-45(44,20-28)24-44)62-34-17-30(31-22-64-41(50-31)48-25(2)3)49-36-29(34)8-9-33(35(36)47)61-15-12-53-10-13-60-14-11-53/h7-9,17,22,25,27-28,32,37H,10-16,18-21,23-24H2,1-6H3,(H,48,50)(H,51,59)(H,52,55)(H,57,58)/b26-7+/t27-,28?,32+,37-,44?,45?,46-/m1/s1. The zero-order valence-electron chi connectivity index (χ0n) is 37.3. The third-order valence-corrected chi connectivity index (χ3v) is 15.1. The zero-order chi connectivity index (χ0) is 45.3. The van der Waals surface area contributed by atoms with E-state index >= 15 is 0 Å². The van der Waals surface area contributed by atoms with Crippen LogP contribution in [0.3, 0.4) is 0 Å². The summed E-state index contributed by atoms with van der Waals surface area (Å²) in [4.78, 5) is 68.6. The van der Waals surface area contributed by atoms with Crippen LogP contribution in [0.4, 0.5) is 9.93 Å². The minimum Gasteiger partial charge on any atom is -0.491 e. The third kappa shape index (κ3) is 8.48. The van der Waals surface area contributed by atoms with Crippen LogP contribution in [0, 0.1) is 16.2 Å². The van der Waals surface area contributed by atoms with Crippen LogP contribution in [-0.4, -0.2) is 131 Å². The number of halogens is 1. The van der Waals surface area contributed by atoms with Crippen molar-refractivity contribution in [2.24, 2.45) is 16.2 Å². The van der Waals surface area contributed by atoms with E-state index in [0.29, 0.717) is 81.6 Å². The lowest BCUT2D eigenvalue weighted by molar-refractivity contribution is -0.145. The van der Waals surface area contributed by atoms with Crippen molar-refractivity contribution >= 4 is 62.8 Å². The molecule has 0 bridgehead atoms. The Hall–Kier alpha value is -4.71. The number of hydrogen-bond donors (Lipinski definition) is 4. The molecule has 18 heteroatoms. The van der Waals surface area contributed by atoms with Gasteiger partial charge < -0.3 is 44.9 Å². The number of likely N-dealkylation sites (tertiary alicyclic amines) is 1. The number of carbonyl (C=O) groups is 4. The number of anilines is 1. The topological polar surface area (TPSA) is 194 Å². The highest BCUT2D eigenvalue weighted by atomic mass is 35.5. The fourth-order valence-corrected chi connectivity index (χ4v) is 11.3. The molecule has 0 unspecified atom stereocenters. The molecular formula is C46H58ClN7O9S. The van der Waals surface area contributed by atoms with E-state index in [2.05, 4.69) is 20.9 Å². The van der Waals surface area contributed by atoms with Gasteiger partial charge in [-0.15, -0.1) is 11.3 Å². The van der Waals surface area contributed by atoms with Crippen molar-refractivity contribution in [3.8, 4) is 22.9 Å². The lowest BCUT2D eigenvalue weighted by Crippen LogP contribution is -2.59. The molecule has 2 aliphatic heterocycles. The fraction of sp³-hybridized carbons (Fsp3) is 0.609. The van der Waals surface area contributed by atoms with E-state index in [1.807, 2.05) is 46.1 Å². The molecule has 64 heavy (non-hydrogen) atoms. The SMILES string of the molecule is C/C=C1\C[C@]1(NC(=O)[C@@H]1C[C@@H](Oc2cc(-c3csc(NC(C)C)n3)nc3c(Cl)c(OCCN4CCOCC4)ccc23)CN1C(=O)[C@@H](NC(=O)OC1CC23CC2(C1)C3)C(C)(C)C)C(=O)O. The third-order valence-electron chi connectivity index (χ3n) is 14.0. The number of nitrogens with zero attached hydrogens (tertiary/aromatic N) is 4. The summed E-state index contributed by atoms with van der Waals surface area (Å²) in [6.07, 6.45) is 4.36. The van der Waals surface area contributed by atoms with Gasteiger partial charge in [-0.05, 0) is 80.4 Å². The van der Waals surface area contributed by atoms with Gasteiger partial charge in [-0.3, -0.25) is 14.5 Å². The molecule has 16 nitrogen and oxygen atoms in total. The Morgan fingerprint density at radius 2 is 1.80 bits per heavy atom. The maximum absolute atomic E-state index is 14.9. The summed E-state index contributed by atoms with van der Waals surface area (Å²) in [5.41, 5.74) is 0.427. The number of carboxylic acids is 1. The highest BCUT2D eigenvalue weighted by Gasteiger charge is 2.86. The van der Waals surface area contributed by atoms with Gasteiger partial charge in [0.2, 0.25) is 11.8 Å². The van der Waals surface area contributed by atoms with Crippen molar-refractivity contribution < 1.29 is 43.2 Å². The number of rotatable bonds is 15. The first-order valence-electron chi connectivity index (χ1n) is 22.4. The lowest BCUT2D eigenvalue weighted by atomic mass is 9.85. The zero-order valence-corrected chi connectivity index (χ0v) is 38.8. The van der Waals surface area contributed by atoms with Gasteiger partial charge in [-0.2, -0.15) is 0 Å². The highest BCUT2D eigenvalue weighted by molar-refractivity contribution is 7.14. The number of carboxylic acid groups (broad SMARTS) is 1. The minimum absolute atomic E-state index is 0.0285. The Kier molecular flexibility index (Phi) is 11.6. The molecule has 6 aliphatic rings. The van der Waals surface area contributed by atoms with Crippen LogP contribution in [0.5, 0.6) is 11.5 Å². The summed E-state index contributed by atoms with van der Waals surface area (Å²) in [5.74, 6) is -1.46. The number of fused-ring (bicyclic) bond motifs is 1. The molecule has 4 saturated carbocycles. The average molecular weight is 921 g/mol. The molecular weight excluding hydrogens is 862 g/mol. The number of pyridine rings is 1. The van der Waals surface area contributed by atoms with Crippen LogP contribution in [0.1, 0.15) is 80.1 Å². The van der Waals surface area contributed by atoms with Crippen molar-refractivity contribution in [2.75, 3.05) is 51.3 Å². The molecule has 6 fully saturated rings. The van der Waals surface area contributed by atoms with E-state index in [-0.39, 0.29) is 31.5 Å². The maximum atomic E-state index is 14.9. The molecule has 3 amide bonds. The average Bonchev–Trinajstić information content (AvgIpc) is 4.02. The predicted octanol–water partition coefficient (Wildman–Crippen LogP) is 6.26. The predicted molar refractivity (Wildman–Crippen MR) is 241 cm³/mol. The molecule has 2 saturated heterocycles. The lowest BCUT2D eigenvalue weighted by Gasteiger charge is -2.35. The first-order valence-corrected chi connectivity index (χ1v) is 23.6. The number of aliphatic carboxylic acids is 1. The van der Waals surface area contributed by atoms with E-state index in [9.17, 15) is 24.3 Å². The van der Waals surface area contributed by atoms with Crippen LogP contribution >= 0.6 is 22.9 Å². The van der Waals surface area contributed by atoms with Crippen molar-refractivity contribution in [1.82, 2.24) is 30.4 Å². The Balaban J connectivity index is 1.01. The molecule has 4 atom stereocenters. The quantitative estimate of drug-likeness (QED) is 0.125. The van der Waals surface area contributed by atoms with Crippen LogP contribution in [0.15, 0.2) is 35.2 Å². The summed E-state index contributed by atoms with van der Waals surface area (Å²) >= 11 is 8.55. The maximum Gasteiger partial charge on any atom is 0.408 e. The van der Waals surface area contributed by atoms with Crippen molar-refractivity contribution in [3.05, 3.63) is 40.3 Å². The Morgan fingerprint density at radius 1 is 1.06 bits per heavy atom. The van der Waals surface area contributed by atoms with Crippen LogP contribution in [-0.2, 0) is 23.9 Å². The molecule has 0 radical (unpaired) electrons. The van der Waals surface area contributed by atoms with Crippen LogP contribution in [0.2, 0.25) is 5.02 Å². The normalized spacial score (nSPS) is 29.2. The number of ether oxygens (including phenoxy) is 4. The smallest absolute Gasteiger partial charge is 0.408 e. The van der Waals surface area contributed by atoms with E-state index in [1.54, 1.807) is 25.1 Å². The molecule has 1 aromatic carbocycles. The second kappa shape index (κ2) is 16.6. The molecule has 4 N–H and O–H groups in total. The summed E-state index contributed by atoms with van der Waals surface area (Å²) < 4.78 is 24.4. The number of allylic oxidation sites excluding steroid dienone is 1. The second-order valence-electron chi connectivity index (χ2n) is 19.9. The van der Waals surface area contributed by atoms with Gasteiger partial charge in [-0.1, -0.05) is 38.4 Å². The van der Waals surface area contributed by atoms with Gasteiger partial charge in [0.15, 0.2) is 10.7 Å². The number of benzene rings is 1. The van der Waals surface area contributed by atoms with Gasteiger partial charge in [0, 0.05) is 55.4 Å². The largest absolute Gasteiger partial charge is 0.491 e. The van der Waals surface area contributed by atoms with E-state index in [0.717, 1.165) is 31.1 Å². The molecule has 9 rings (SSSR count). The van der Waals surface area contributed by atoms with Gasteiger partial charge in [0.1, 0.15) is 53.1 Å². The molecule has 4 heterocycles. The number of amides is 3. The molecule has 3 aromatic rings. The Bertz CT molecular complexity index is 2370. The van der Waals surface area contributed by atoms with Crippen molar-refractivity contribution in [2.45, 2.75) is 116 Å². The van der Waals surface area contributed by atoms with Gasteiger partial charge >= 0.3 is 12.1 Å². The van der Waals surface area contributed by atoms with E-state index in [1.165, 1.54) is 29.1 Å². The van der Waals surface area contributed by atoms with Gasteiger partial charge in [-0.25, -0.2) is 19.6 Å². The first kappa shape index (κ1) is 44.5. The first-order chi connectivity index (χ1) is 30.4. The minimum atomic E-state index is -1.56. The summed E-state index contributed by atoms with van der Waals surface area (Å²) in [5, 5.41) is 22.7. The fourth-order valence-electron chi connectivity index (χ4n) is 10.2. The van der Waals surface area contributed by atoms with Gasteiger partial charge in [0.25, 0.3) is 0 Å². The summed E-state index contributed by atoms with van der Waals surface area (Å²) in [6, 6.07) is 3.33. The number of alkyl carbamates (subject to hydrolysis) is 1. The monoisotopic (exact) mass is 919 g/mol. The number of thiazole rings is 1. The number of aromatic nitrogens is 2. The van der Waals surface area contributed by atoms with E-state index in [4.69, 9.17) is 40.5 Å². The van der Waals surface area contributed by atoms with Crippen LogP contribution in [0.25, 0.3) is 22.3 Å². The molecule has 0 spiro atoms. The Labute approximate surface area is 381 Å². The van der Waals surface area contributed by atoms with Gasteiger partial charge in [0.05, 0.1) is 31.0 Å². The number of nitrogens with one attached hydrogen (secondary N) is 3. The number of hydrogen-bond acceptors (Lipinski definition) is 13. The van der Waals surface area contributed by atoms with Crippen molar-refractivity contribution in [1.29, 1.82) is 0 Å². The summed E-state index contributed by atoms with van der Waals surface area (Å²) in [7, 11) is 0. The molecule has 2 aromatic heterocycles. The summed E-state index contributed by atoms with van der Waals surface area (Å²) in [6.45, 7) is 15.4. The van der Waals surface area contributed by atoms with E-state index < -0.39 is 53.0 Å². The van der Waals surface area contributed by atoms with Crippen molar-refractivity contribution in [3.63, 3.8) is 0 Å². The highest BCUT2D eigenvalue weighted by Crippen LogP contribution is 2.93. The second-order valence-corrected chi connectivity index (χ2v) is 21.1. The van der Waals surface area contributed by atoms with Crippen LogP contribution < -0.4 is 25.4 Å². The molecule has 4 aliphatic carbocycles. The Morgan fingerprint density at radius 3 is 2.45 bits per heavy atom. The molecule has 344 valence electrons.